The summed E-state index contributed by atoms with van der Waals surface area (Å²) in [6.07, 6.45) is 86.3. The molecule has 0 fully saturated rings. The first-order valence-electron chi connectivity index (χ1n) is 33.1. The van der Waals surface area contributed by atoms with Crippen LogP contribution < -0.4 is 5.32 Å². The number of nitrogens with zero attached hydrogens (tertiary/aromatic N) is 1. The molecule has 3 N–H and O–H groups in total. The molecule has 0 aliphatic rings. The van der Waals surface area contributed by atoms with Crippen LogP contribution >= 0.6 is 7.82 Å². The number of rotatable bonds is 60. The Morgan fingerprint density at radius 2 is 0.759 bits per heavy atom. The zero-order chi connectivity index (χ0) is 57.7. The zero-order valence-electron chi connectivity index (χ0n) is 52.3. The van der Waals surface area contributed by atoms with Crippen molar-refractivity contribution in [1.82, 2.24) is 5.32 Å². The standard InChI is InChI=1S/C70H127N2O6P/c1-6-8-10-12-14-16-18-20-22-24-26-28-30-32-34-36-38-40-42-44-46-48-50-52-54-56-58-60-62-64-70(74)71-68(67-78-79(75,76)77-66-65-72(3,4)5)69(73)63-61-59-57-55-53-51-49-47-45-43-41-39-37-35-33-31-29-27-25-23-21-19-17-15-13-11-9-7-2/h8,10,14,16,20,22,26,28,32,34,38,40,44,46,50,52,68-69,73H,6-7,9,11-13,15,17-19,21,23-25,27,29-31,33,35-37,39,41-43,45,47-49,51,53-67H2,1-5H3,(H-,71,74,75,76)/p+1/b10-8-,16-14-,22-20-,28-26-,34-32-,40-38-,46-44-,52-50-. The average Bonchev–Trinajstić information content (AvgIpc) is 3.42. The largest absolute Gasteiger partial charge is 0.472 e. The molecule has 458 valence electrons. The van der Waals surface area contributed by atoms with E-state index in [1.54, 1.807) is 0 Å². The first kappa shape index (κ1) is 76.4. The molecule has 0 spiro atoms. The Labute approximate surface area is 489 Å². The lowest BCUT2D eigenvalue weighted by Gasteiger charge is -2.26. The number of amides is 1. The normalized spacial score (nSPS) is 14.4. The van der Waals surface area contributed by atoms with Crippen LogP contribution in [0.4, 0.5) is 0 Å². The van der Waals surface area contributed by atoms with Crippen molar-refractivity contribution >= 4 is 13.7 Å². The predicted octanol–water partition coefficient (Wildman–Crippen LogP) is 20.9. The van der Waals surface area contributed by atoms with E-state index >= 15 is 0 Å². The average molecular weight is 1120 g/mol. The van der Waals surface area contributed by atoms with Gasteiger partial charge in [0.15, 0.2) is 0 Å². The number of carbonyl (C=O) groups excluding carboxylic acids is 1. The lowest BCUT2D eigenvalue weighted by atomic mass is 10.0. The van der Waals surface area contributed by atoms with Crippen LogP contribution in [-0.4, -0.2) is 73.4 Å². The van der Waals surface area contributed by atoms with E-state index in [1.165, 1.54) is 161 Å². The van der Waals surface area contributed by atoms with Crippen molar-refractivity contribution in [3.05, 3.63) is 97.2 Å². The Bertz CT molecular complexity index is 1610. The summed E-state index contributed by atoms with van der Waals surface area (Å²) in [5.41, 5.74) is 0. The molecule has 3 atom stereocenters. The summed E-state index contributed by atoms with van der Waals surface area (Å²) in [6, 6.07) is -0.784. The molecule has 0 saturated carbocycles. The van der Waals surface area contributed by atoms with Crippen LogP contribution in [0.3, 0.4) is 0 Å². The quantitative estimate of drug-likeness (QED) is 0.0243. The Morgan fingerprint density at radius 1 is 0.443 bits per heavy atom. The molecule has 0 aromatic heterocycles. The number of likely N-dealkylation sites (N-methyl/N-ethyl adjacent to an activating group) is 1. The van der Waals surface area contributed by atoms with Crippen molar-refractivity contribution in [1.29, 1.82) is 0 Å². The van der Waals surface area contributed by atoms with Gasteiger partial charge in [0, 0.05) is 6.42 Å². The van der Waals surface area contributed by atoms with Gasteiger partial charge in [0.25, 0.3) is 0 Å². The van der Waals surface area contributed by atoms with Gasteiger partial charge >= 0.3 is 7.82 Å². The predicted molar refractivity (Wildman–Crippen MR) is 346 cm³/mol. The molecular formula is C70H128N2O6P+. The maximum Gasteiger partial charge on any atom is 0.472 e. The number of hydrogen-bond acceptors (Lipinski definition) is 5. The topological polar surface area (TPSA) is 105 Å². The van der Waals surface area contributed by atoms with Crippen LogP contribution in [0.25, 0.3) is 0 Å². The lowest BCUT2D eigenvalue weighted by molar-refractivity contribution is -0.870. The van der Waals surface area contributed by atoms with Gasteiger partial charge in [0.1, 0.15) is 13.2 Å². The lowest BCUT2D eigenvalue weighted by Crippen LogP contribution is -2.46. The highest BCUT2D eigenvalue weighted by Crippen LogP contribution is 2.43. The Hall–Kier alpha value is -2.58. The fourth-order valence-corrected chi connectivity index (χ4v) is 10.2. The zero-order valence-corrected chi connectivity index (χ0v) is 53.2. The second kappa shape index (κ2) is 60.0. The maximum absolute atomic E-state index is 13.0. The minimum Gasteiger partial charge on any atom is -0.391 e. The van der Waals surface area contributed by atoms with Crippen molar-refractivity contribution in [2.45, 2.75) is 302 Å². The molecule has 0 aromatic carbocycles. The molecule has 0 bridgehead atoms. The third-order valence-electron chi connectivity index (χ3n) is 14.6. The van der Waals surface area contributed by atoms with E-state index in [1.807, 2.05) is 21.1 Å². The highest BCUT2D eigenvalue weighted by atomic mass is 31.2. The summed E-state index contributed by atoms with van der Waals surface area (Å²) in [5, 5.41) is 14.1. The highest BCUT2D eigenvalue weighted by Gasteiger charge is 2.28. The van der Waals surface area contributed by atoms with Crippen molar-refractivity contribution in [2.24, 2.45) is 0 Å². The van der Waals surface area contributed by atoms with Crippen LogP contribution in [-0.2, 0) is 18.4 Å². The molecule has 0 saturated heterocycles. The van der Waals surface area contributed by atoms with E-state index in [0.29, 0.717) is 23.9 Å². The van der Waals surface area contributed by atoms with Crippen molar-refractivity contribution in [2.75, 3.05) is 40.9 Å². The number of aliphatic hydroxyl groups is 1. The third-order valence-corrected chi connectivity index (χ3v) is 15.6. The second-order valence-corrected chi connectivity index (χ2v) is 24.9. The number of aliphatic hydroxyl groups excluding tert-OH is 1. The van der Waals surface area contributed by atoms with Gasteiger partial charge in [0.05, 0.1) is 39.9 Å². The van der Waals surface area contributed by atoms with Crippen LogP contribution in [0.5, 0.6) is 0 Å². The van der Waals surface area contributed by atoms with Crippen LogP contribution in [0.15, 0.2) is 97.2 Å². The fourth-order valence-electron chi connectivity index (χ4n) is 9.48. The van der Waals surface area contributed by atoms with E-state index in [2.05, 4.69) is 116 Å². The van der Waals surface area contributed by atoms with Gasteiger partial charge in [-0.2, -0.15) is 0 Å². The van der Waals surface area contributed by atoms with Gasteiger partial charge < -0.3 is 19.8 Å². The number of hydrogen-bond donors (Lipinski definition) is 3. The minimum atomic E-state index is -4.34. The third kappa shape index (κ3) is 62.9. The van der Waals surface area contributed by atoms with Gasteiger partial charge in [0.2, 0.25) is 5.91 Å². The van der Waals surface area contributed by atoms with Crippen LogP contribution in [0.2, 0.25) is 0 Å². The molecule has 8 nitrogen and oxygen atoms in total. The molecule has 0 aromatic rings. The maximum atomic E-state index is 13.0. The van der Waals surface area contributed by atoms with E-state index < -0.39 is 20.0 Å². The summed E-state index contributed by atoms with van der Waals surface area (Å²) in [5.74, 6) is -0.169. The first-order chi connectivity index (χ1) is 38.5. The number of unbranched alkanes of at least 4 members (excludes halogenated alkanes) is 31. The summed E-state index contributed by atoms with van der Waals surface area (Å²) in [6.45, 7) is 4.78. The number of carbonyl (C=O) groups is 1. The molecule has 1 amide bonds. The molecule has 0 aliphatic carbocycles. The molecule has 79 heavy (non-hydrogen) atoms. The molecule has 9 heteroatoms. The molecule has 0 rings (SSSR count). The summed E-state index contributed by atoms with van der Waals surface area (Å²) in [7, 11) is 1.59. The number of quaternary nitrogens is 1. The molecule has 0 aliphatic heterocycles. The Kier molecular flexibility index (Phi) is 58.1. The molecule has 3 unspecified atom stereocenters. The van der Waals surface area contributed by atoms with Crippen molar-refractivity contribution < 1.29 is 32.9 Å². The van der Waals surface area contributed by atoms with Gasteiger partial charge in [-0.1, -0.05) is 304 Å². The van der Waals surface area contributed by atoms with Gasteiger partial charge in [-0.25, -0.2) is 4.57 Å². The van der Waals surface area contributed by atoms with Crippen molar-refractivity contribution in [3.8, 4) is 0 Å². The Balaban J connectivity index is 4.18. The SMILES string of the molecule is CC/C=C\C/C=C\C/C=C\C/C=C\C/C=C\C/C=C\C/C=C\C/C=C\CCCCCCC(=O)NC(COP(=O)(O)OCC[N+](C)(C)C)C(O)CCCCCCCCCCCCCCCCCCCCCCCCCCCCCC. The molecular weight excluding hydrogens is 996 g/mol. The van der Waals surface area contributed by atoms with Crippen LogP contribution in [0, 0.1) is 0 Å². The molecule has 0 heterocycles. The molecule has 0 radical (unpaired) electrons. The number of phosphoric acid groups is 1. The van der Waals surface area contributed by atoms with E-state index in [4.69, 9.17) is 9.05 Å². The number of phosphoric ester groups is 1. The highest BCUT2D eigenvalue weighted by molar-refractivity contribution is 7.47. The van der Waals surface area contributed by atoms with Gasteiger partial charge in [-0.15, -0.1) is 0 Å². The minimum absolute atomic E-state index is 0.0645. The van der Waals surface area contributed by atoms with Gasteiger partial charge in [-0.05, 0) is 77.0 Å². The second-order valence-electron chi connectivity index (χ2n) is 23.5. The smallest absolute Gasteiger partial charge is 0.391 e. The van der Waals surface area contributed by atoms with Crippen LogP contribution in [0.1, 0.15) is 290 Å². The van der Waals surface area contributed by atoms with E-state index in [9.17, 15) is 19.4 Å². The first-order valence-corrected chi connectivity index (χ1v) is 34.6. The number of nitrogens with one attached hydrogen (secondary N) is 1. The van der Waals surface area contributed by atoms with E-state index in [-0.39, 0.29) is 19.1 Å². The monoisotopic (exact) mass is 1120 g/mol. The van der Waals surface area contributed by atoms with E-state index in [0.717, 1.165) is 103 Å². The summed E-state index contributed by atoms with van der Waals surface area (Å²) in [4.78, 5) is 23.4. The number of allylic oxidation sites excluding steroid dienone is 16. The van der Waals surface area contributed by atoms with Gasteiger partial charge in [-0.3, -0.25) is 13.8 Å². The van der Waals surface area contributed by atoms with Crippen molar-refractivity contribution in [3.63, 3.8) is 0 Å². The summed E-state index contributed by atoms with van der Waals surface area (Å²) >= 11 is 0. The fraction of sp³-hybridized carbons (Fsp3) is 0.757. The Morgan fingerprint density at radius 3 is 1.11 bits per heavy atom. The summed E-state index contributed by atoms with van der Waals surface area (Å²) < 4.78 is 23.8.